The number of rotatable bonds is 4. The molecule has 1 fully saturated rings. The number of hydrogen-bond donors (Lipinski definition) is 1. The Labute approximate surface area is 174 Å². The zero-order valence-corrected chi connectivity index (χ0v) is 16.5. The normalized spacial score (nSPS) is 16.0. The summed E-state index contributed by atoms with van der Waals surface area (Å²) in [4.78, 5) is 19.0. The molecule has 2 amide bonds. The van der Waals surface area contributed by atoms with Crippen LogP contribution < -0.4 is 10.1 Å². The number of methoxy groups -OCH3 is 1. The first-order valence-corrected chi connectivity index (χ1v) is 9.70. The molecule has 4 rings (SSSR count). The molecule has 0 radical (unpaired) electrons. The molecule has 8 heteroatoms. The molecule has 0 unspecified atom stereocenters. The van der Waals surface area contributed by atoms with Gasteiger partial charge in [0.05, 0.1) is 24.7 Å². The fraction of sp³-hybridized carbons (Fsp3) is 0.273. The highest BCUT2D eigenvalue weighted by atomic mass is 16.5. The number of benzene rings is 2. The third-order valence-corrected chi connectivity index (χ3v) is 5.09. The first kappa shape index (κ1) is 19.5. The highest BCUT2D eigenvalue weighted by Gasteiger charge is 2.29. The fourth-order valence-corrected chi connectivity index (χ4v) is 3.47. The monoisotopic (exact) mass is 403 g/mol. The van der Waals surface area contributed by atoms with Gasteiger partial charge in [0.1, 0.15) is 5.75 Å². The van der Waals surface area contributed by atoms with Gasteiger partial charge in [-0.25, -0.2) is 4.79 Å². The van der Waals surface area contributed by atoms with Gasteiger partial charge in [0.25, 0.3) is 0 Å². The van der Waals surface area contributed by atoms with Crippen molar-refractivity contribution in [3.8, 4) is 23.2 Å². The average Bonchev–Trinajstić information content (AvgIpc) is 3.30. The molecule has 2 aromatic carbocycles. The molecule has 0 aliphatic carbocycles. The van der Waals surface area contributed by atoms with E-state index < -0.39 is 0 Å². The van der Waals surface area contributed by atoms with Crippen molar-refractivity contribution >= 4 is 11.7 Å². The number of carbonyl (C=O) groups is 1. The summed E-state index contributed by atoms with van der Waals surface area (Å²) in [6.07, 6.45) is 1.72. The van der Waals surface area contributed by atoms with Crippen molar-refractivity contribution in [3.63, 3.8) is 0 Å². The van der Waals surface area contributed by atoms with Gasteiger partial charge in [-0.05, 0) is 49.2 Å². The Kier molecular flexibility index (Phi) is 5.61. The van der Waals surface area contributed by atoms with Crippen LogP contribution in [-0.2, 0) is 0 Å². The first-order chi connectivity index (χ1) is 14.7. The summed E-state index contributed by atoms with van der Waals surface area (Å²) in [5.74, 6) is 1.74. The third-order valence-electron chi connectivity index (χ3n) is 5.09. The van der Waals surface area contributed by atoms with Crippen LogP contribution in [0, 0.1) is 11.3 Å². The zero-order valence-electron chi connectivity index (χ0n) is 16.5. The number of hydrogen-bond acceptors (Lipinski definition) is 6. The quantitative estimate of drug-likeness (QED) is 0.705. The highest BCUT2D eigenvalue weighted by molar-refractivity contribution is 5.89. The first-order valence-electron chi connectivity index (χ1n) is 9.70. The number of likely N-dealkylation sites (tertiary alicyclic amines) is 1. The summed E-state index contributed by atoms with van der Waals surface area (Å²) < 4.78 is 10.8. The van der Waals surface area contributed by atoms with Gasteiger partial charge in [-0.15, -0.1) is 0 Å². The predicted octanol–water partition coefficient (Wildman–Crippen LogP) is 4.03. The van der Waals surface area contributed by atoms with Gasteiger partial charge in [-0.1, -0.05) is 17.3 Å². The summed E-state index contributed by atoms with van der Waals surface area (Å²) in [7, 11) is 1.61. The molecule has 1 aliphatic heterocycles. The van der Waals surface area contributed by atoms with E-state index in [9.17, 15) is 4.79 Å². The topological polar surface area (TPSA) is 104 Å². The number of carbonyl (C=O) groups excluding carboxylic acids is 1. The van der Waals surface area contributed by atoms with Crippen molar-refractivity contribution < 1.29 is 14.1 Å². The van der Waals surface area contributed by atoms with Crippen LogP contribution in [0.5, 0.6) is 5.75 Å². The van der Waals surface area contributed by atoms with Crippen LogP contribution in [0.3, 0.4) is 0 Å². The molecule has 3 aromatic rings. The molecule has 152 valence electrons. The molecule has 0 spiro atoms. The van der Waals surface area contributed by atoms with Crippen molar-refractivity contribution in [2.75, 3.05) is 25.5 Å². The lowest BCUT2D eigenvalue weighted by atomic mass is 9.98. The van der Waals surface area contributed by atoms with Gasteiger partial charge in [0.2, 0.25) is 11.7 Å². The Morgan fingerprint density at radius 1 is 1.30 bits per heavy atom. The number of aromatic nitrogens is 2. The van der Waals surface area contributed by atoms with E-state index in [0.717, 1.165) is 24.2 Å². The number of amides is 2. The van der Waals surface area contributed by atoms with E-state index in [4.69, 9.17) is 14.5 Å². The number of ether oxygens (including phenoxy) is 1. The second-order valence-corrected chi connectivity index (χ2v) is 7.09. The minimum absolute atomic E-state index is 0.0164. The molecule has 1 atom stereocenters. The van der Waals surface area contributed by atoms with Crippen molar-refractivity contribution in [1.29, 1.82) is 5.26 Å². The summed E-state index contributed by atoms with van der Waals surface area (Å²) in [6, 6.07) is 16.1. The summed E-state index contributed by atoms with van der Waals surface area (Å²) in [6.45, 7) is 1.16. The molecule has 1 aromatic heterocycles. The van der Waals surface area contributed by atoms with Gasteiger partial charge < -0.3 is 19.5 Å². The Hall–Kier alpha value is -3.86. The van der Waals surface area contributed by atoms with E-state index in [-0.39, 0.29) is 11.9 Å². The van der Waals surface area contributed by atoms with Crippen LogP contribution in [-0.4, -0.2) is 41.3 Å². The summed E-state index contributed by atoms with van der Waals surface area (Å²) in [5, 5.41) is 15.9. The lowest BCUT2D eigenvalue weighted by Gasteiger charge is -2.31. The second-order valence-electron chi connectivity index (χ2n) is 7.09. The number of nitrogens with zero attached hydrogens (tertiary/aromatic N) is 4. The number of nitriles is 1. The van der Waals surface area contributed by atoms with E-state index >= 15 is 0 Å². The maximum absolute atomic E-state index is 12.7. The fourth-order valence-electron chi connectivity index (χ4n) is 3.47. The van der Waals surface area contributed by atoms with E-state index in [1.807, 2.05) is 24.3 Å². The molecule has 2 heterocycles. The largest absolute Gasteiger partial charge is 0.497 e. The molecule has 8 nitrogen and oxygen atoms in total. The predicted molar refractivity (Wildman–Crippen MR) is 110 cm³/mol. The van der Waals surface area contributed by atoms with Crippen molar-refractivity contribution in [1.82, 2.24) is 15.0 Å². The van der Waals surface area contributed by atoms with Gasteiger partial charge in [-0.3, -0.25) is 0 Å². The van der Waals surface area contributed by atoms with Gasteiger partial charge in [0, 0.05) is 24.3 Å². The average molecular weight is 403 g/mol. The maximum Gasteiger partial charge on any atom is 0.321 e. The van der Waals surface area contributed by atoms with E-state index in [0.29, 0.717) is 36.1 Å². The minimum atomic E-state index is -0.183. The molecule has 0 saturated carbocycles. The smallest absolute Gasteiger partial charge is 0.321 e. The molecular weight excluding hydrogens is 382 g/mol. The molecule has 1 saturated heterocycles. The zero-order chi connectivity index (χ0) is 20.9. The van der Waals surface area contributed by atoms with Crippen LogP contribution in [0.25, 0.3) is 11.4 Å². The standard InChI is InChI=1S/C22H21N5O3/c1-29-19-6-2-4-16(12-19)20-25-21(30-26-20)17-5-3-11-27(14-17)22(28)24-18-9-7-15(13-23)8-10-18/h2,4,6-10,12,17H,3,5,11,14H2,1H3,(H,24,28)/t17-/m1/s1. The Morgan fingerprint density at radius 3 is 2.90 bits per heavy atom. The number of urea groups is 1. The molecular formula is C22H21N5O3. The van der Waals surface area contributed by atoms with E-state index in [1.54, 1.807) is 36.3 Å². The lowest BCUT2D eigenvalue weighted by molar-refractivity contribution is 0.184. The Morgan fingerprint density at radius 2 is 2.13 bits per heavy atom. The number of nitrogens with one attached hydrogen (secondary N) is 1. The lowest BCUT2D eigenvalue weighted by Crippen LogP contribution is -2.41. The Balaban J connectivity index is 1.43. The van der Waals surface area contributed by atoms with Crippen molar-refractivity contribution in [2.24, 2.45) is 0 Å². The minimum Gasteiger partial charge on any atom is -0.497 e. The second kappa shape index (κ2) is 8.66. The van der Waals surface area contributed by atoms with Crippen LogP contribution in [0.15, 0.2) is 53.1 Å². The summed E-state index contributed by atoms with van der Waals surface area (Å²) in [5.41, 5.74) is 2.02. The van der Waals surface area contributed by atoms with Gasteiger partial charge in [-0.2, -0.15) is 10.2 Å². The van der Waals surface area contributed by atoms with Crippen molar-refractivity contribution in [2.45, 2.75) is 18.8 Å². The highest BCUT2D eigenvalue weighted by Crippen LogP contribution is 2.29. The molecule has 1 N–H and O–H groups in total. The van der Waals surface area contributed by atoms with Crippen LogP contribution >= 0.6 is 0 Å². The van der Waals surface area contributed by atoms with E-state index in [2.05, 4.69) is 21.5 Å². The van der Waals surface area contributed by atoms with Crippen LogP contribution in [0.2, 0.25) is 0 Å². The van der Waals surface area contributed by atoms with Crippen LogP contribution in [0.1, 0.15) is 30.2 Å². The molecule has 0 bridgehead atoms. The third kappa shape index (κ3) is 4.25. The SMILES string of the molecule is COc1cccc(-c2noc([C@@H]3CCCN(C(=O)Nc4ccc(C#N)cc4)C3)n2)c1. The molecule has 1 aliphatic rings. The van der Waals surface area contributed by atoms with Gasteiger partial charge >= 0.3 is 6.03 Å². The molecule has 30 heavy (non-hydrogen) atoms. The number of anilines is 1. The van der Waals surface area contributed by atoms with Crippen LogP contribution in [0.4, 0.5) is 10.5 Å². The Bertz CT molecular complexity index is 1070. The van der Waals surface area contributed by atoms with E-state index in [1.165, 1.54) is 0 Å². The number of piperidine rings is 1. The van der Waals surface area contributed by atoms with Gasteiger partial charge in [0.15, 0.2) is 0 Å². The maximum atomic E-state index is 12.7. The van der Waals surface area contributed by atoms with Crippen molar-refractivity contribution in [3.05, 3.63) is 60.0 Å². The summed E-state index contributed by atoms with van der Waals surface area (Å²) >= 11 is 0.